The summed E-state index contributed by atoms with van der Waals surface area (Å²) in [4.78, 5) is 12.9. The van der Waals surface area contributed by atoms with E-state index in [2.05, 4.69) is 5.32 Å². The number of sulfonamides is 1. The number of carbonyl (C=O) groups is 1. The summed E-state index contributed by atoms with van der Waals surface area (Å²) in [6.07, 6.45) is 3.78. The van der Waals surface area contributed by atoms with Crippen LogP contribution in [0.5, 0.6) is 0 Å². The van der Waals surface area contributed by atoms with Gasteiger partial charge < -0.3 is 5.32 Å². The first kappa shape index (κ1) is 20.8. The van der Waals surface area contributed by atoms with Gasteiger partial charge in [-0.25, -0.2) is 8.42 Å². The molecular formula is C21H25ClN2O3S. The van der Waals surface area contributed by atoms with Crippen molar-refractivity contribution in [3.05, 3.63) is 58.1 Å². The third kappa shape index (κ3) is 4.57. The second-order valence-electron chi connectivity index (χ2n) is 7.23. The Morgan fingerprint density at radius 3 is 2.32 bits per heavy atom. The highest BCUT2D eigenvalue weighted by atomic mass is 35.5. The van der Waals surface area contributed by atoms with Gasteiger partial charge >= 0.3 is 0 Å². The van der Waals surface area contributed by atoms with Crippen molar-refractivity contribution in [1.82, 2.24) is 4.31 Å². The minimum absolute atomic E-state index is 0.101. The Morgan fingerprint density at radius 2 is 1.68 bits per heavy atom. The summed E-state index contributed by atoms with van der Waals surface area (Å²) < 4.78 is 27.6. The van der Waals surface area contributed by atoms with E-state index in [0.29, 0.717) is 18.8 Å². The molecule has 0 unspecified atom stereocenters. The molecule has 1 heterocycles. The van der Waals surface area contributed by atoms with Crippen molar-refractivity contribution in [1.29, 1.82) is 0 Å². The van der Waals surface area contributed by atoms with E-state index < -0.39 is 15.9 Å². The first-order chi connectivity index (χ1) is 13.3. The number of hydrogen-bond donors (Lipinski definition) is 1. The first-order valence-corrected chi connectivity index (χ1v) is 11.3. The van der Waals surface area contributed by atoms with Crippen molar-refractivity contribution in [3.8, 4) is 0 Å². The quantitative estimate of drug-likeness (QED) is 0.774. The highest BCUT2D eigenvalue weighted by Crippen LogP contribution is 2.26. The van der Waals surface area contributed by atoms with Gasteiger partial charge in [-0.05, 0) is 56.5 Å². The molecule has 0 bridgehead atoms. The van der Waals surface area contributed by atoms with E-state index in [-0.39, 0.29) is 15.5 Å². The van der Waals surface area contributed by atoms with Gasteiger partial charge in [-0.2, -0.15) is 4.31 Å². The number of carbonyl (C=O) groups excluding carboxylic acids is 1. The van der Waals surface area contributed by atoms with Crippen molar-refractivity contribution in [2.24, 2.45) is 0 Å². The summed E-state index contributed by atoms with van der Waals surface area (Å²) in [5.74, 6) is -0.426. The van der Waals surface area contributed by atoms with Crippen LogP contribution in [0.1, 0.15) is 47.2 Å². The SMILES string of the molecule is Cc1ccc(NC(=O)c2cc(S(=O)(=O)N3CCCCCC3)ccc2Cl)c(C)c1. The fourth-order valence-corrected chi connectivity index (χ4v) is 5.16. The molecule has 1 N–H and O–H groups in total. The fraction of sp³-hybridized carbons (Fsp3) is 0.381. The molecule has 0 aliphatic carbocycles. The largest absolute Gasteiger partial charge is 0.322 e. The lowest BCUT2D eigenvalue weighted by molar-refractivity contribution is 0.102. The highest BCUT2D eigenvalue weighted by Gasteiger charge is 2.26. The molecule has 0 aromatic heterocycles. The van der Waals surface area contributed by atoms with Crippen LogP contribution in [0.4, 0.5) is 5.69 Å². The zero-order chi connectivity index (χ0) is 20.3. The number of rotatable bonds is 4. The lowest BCUT2D eigenvalue weighted by Gasteiger charge is -2.20. The summed E-state index contributed by atoms with van der Waals surface area (Å²) in [5.41, 5.74) is 2.85. The zero-order valence-electron chi connectivity index (χ0n) is 16.2. The lowest BCUT2D eigenvalue weighted by atomic mass is 10.1. The smallest absolute Gasteiger partial charge is 0.257 e. The number of benzene rings is 2. The molecule has 7 heteroatoms. The summed E-state index contributed by atoms with van der Waals surface area (Å²) in [6, 6.07) is 10.0. The van der Waals surface area contributed by atoms with E-state index >= 15 is 0 Å². The van der Waals surface area contributed by atoms with Crippen LogP contribution in [0.25, 0.3) is 0 Å². The van der Waals surface area contributed by atoms with Gasteiger partial charge in [0.05, 0.1) is 15.5 Å². The second kappa shape index (κ2) is 8.64. The summed E-state index contributed by atoms with van der Waals surface area (Å²) in [5, 5.41) is 3.05. The maximum absolute atomic E-state index is 13.0. The third-order valence-electron chi connectivity index (χ3n) is 5.02. The Labute approximate surface area is 171 Å². The van der Waals surface area contributed by atoms with E-state index in [4.69, 9.17) is 11.6 Å². The van der Waals surface area contributed by atoms with E-state index in [9.17, 15) is 13.2 Å². The Bertz CT molecular complexity index is 981. The standard InChI is InChI=1S/C21H25ClN2O3S/c1-15-7-10-20(16(2)13-15)23-21(25)18-14-17(8-9-19(18)22)28(26,27)24-11-5-3-4-6-12-24/h7-10,13-14H,3-6,11-12H2,1-2H3,(H,23,25). The topological polar surface area (TPSA) is 66.5 Å². The lowest BCUT2D eigenvalue weighted by Crippen LogP contribution is -2.32. The molecule has 1 saturated heterocycles. The fourth-order valence-electron chi connectivity index (χ4n) is 3.41. The predicted octanol–water partition coefficient (Wildman–Crippen LogP) is 4.77. The van der Waals surface area contributed by atoms with Crippen LogP contribution in [-0.4, -0.2) is 31.7 Å². The van der Waals surface area contributed by atoms with Gasteiger partial charge in [-0.3, -0.25) is 4.79 Å². The number of amides is 1. The molecule has 0 radical (unpaired) electrons. The molecule has 2 aromatic carbocycles. The van der Waals surface area contributed by atoms with Crippen LogP contribution in [0.2, 0.25) is 5.02 Å². The molecule has 0 spiro atoms. The number of nitrogens with zero attached hydrogens (tertiary/aromatic N) is 1. The highest BCUT2D eigenvalue weighted by molar-refractivity contribution is 7.89. The number of hydrogen-bond acceptors (Lipinski definition) is 3. The monoisotopic (exact) mass is 420 g/mol. The van der Waals surface area contributed by atoms with Gasteiger partial charge in [0.25, 0.3) is 5.91 Å². The number of halogens is 1. The van der Waals surface area contributed by atoms with Crippen molar-refractivity contribution < 1.29 is 13.2 Å². The number of anilines is 1. The van der Waals surface area contributed by atoms with Crippen LogP contribution in [0.15, 0.2) is 41.3 Å². The molecule has 2 aromatic rings. The van der Waals surface area contributed by atoms with Gasteiger partial charge in [0, 0.05) is 18.8 Å². The molecule has 1 fully saturated rings. The number of nitrogens with one attached hydrogen (secondary N) is 1. The predicted molar refractivity (Wildman–Crippen MR) is 113 cm³/mol. The average Bonchev–Trinajstić information content (AvgIpc) is 2.94. The Kier molecular flexibility index (Phi) is 6.43. The van der Waals surface area contributed by atoms with Gasteiger partial charge in [0.2, 0.25) is 10.0 Å². The minimum atomic E-state index is -3.65. The van der Waals surface area contributed by atoms with E-state index in [1.165, 1.54) is 22.5 Å². The maximum atomic E-state index is 13.0. The molecule has 150 valence electrons. The van der Waals surface area contributed by atoms with Crippen molar-refractivity contribution in [3.63, 3.8) is 0 Å². The van der Waals surface area contributed by atoms with Crippen LogP contribution >= 0.6 is 11.6 Å². The third-order valence-corrected chi connectivity index (χ3v) is 7.24. The summed E-state index contributed by atoms with van der Waals surface area (Å²) in [6.45, 7) is 4.90. The second-order valence-corrected chi connectivity index (χ2v) is 9.58. The van der Waals surface area contributed by atoms with Crippen molar-refractivity contribution in [2.45, 2.75) is 44.4 Å². The molecule has 3 rings (SSSR count). The summed E-state index contributed by atoms with van der Waals surface area (Å²) >= 11 is 6.22. The van der Waals surface area contributed by atoms with Crippen LogP contribution in [-0.2, 0) is 10.0 Å². The Balaban J connectivity index is 1.89. The van der Waals surface area contributed by atoms with Crippen molar-refractivity contribution in [2.75, 3.05) is 18.4 Å². The minimum Gasteiger partial charge on any atom is -0.322 e. The molecule has 1 amide bonds. The average molecular weight is 421 g/mol. The van der Waals surface area contributed by atoms with Gasteiger partial charge in [0.15, 0.2) is 0 Å². The molecular weight excluding hydrogens is 396 g/mol. The van der Waals surface area contributed by atoms with E-state index in [0.717, 1.165) is 36.8 Å². The zero-order valence-corrected chi connectivity index (χ0v) is 17.7. The maximum Gasteiger partial charge on any atom is 0.257 e. The van der Waals surface area contributed by atoms with Crippen molar-refractivity contribution >= 4 is 33.2 Å². The van der Waals surface area contributed by atoms with E-state index in [1.807, 2.05) is 32.0 Å². The van der Waals surface area contributed by atoms with Crippen LogP contribution < -0.4 is 5.32 Å². The molecule has 0 saturated carbocycles. The number of aryl methyl sites for hydroxylation is 2. The Hall–Kier alpha value is -1.89. The van der Waals surface area contributed by atoms with Gasteiger partial charge in [-0.1, -0.05) is 42.1 Å². The Morgan fingerprint density at radius 1 is 1.00 bits per heavy atom. The van der Waals surface area contributed by atoms with Gasteiger partial charge in [-0.15, -0.1) is 0 Å². The van der Waals surface area contributed by atoms with E-state index in [1.54, 1.807) is 0 Å². The van der Waals surface area contributed by atoms with Crippen LogP contribution in [0, 0.1) is 13.8 Å². The van der Waals surface area contributed by atoms with Crippen LogP contribution in [0.3, 0.4) is 0 Å². The molecule has 28 heavy (non-hydrogen) atoms. The van der Waals surface area contributed by atoms with Gasteiger partial charge in [0.1, 0.15) is 0 Å². The molecule has 5 nitrogen and oxygen atoms in total. The molecule has 0 atom stereocenters. The summed E-state index contributed by atoms with van der Waals surface area (Å²) in [7, 11) is -3.65. The normalized spacial score (nSPS) is 15.8. The first-order valence-electron chi connectivity index (χ1n) is 9.47. The molecule has 1 aliphatic heterocycles. The molecule has 1 aliphatic rings.